The van der Waals surface area contributed by atoms with Crippen LogP contribution in [0.3, 0.4) is 0 Å². The fraction of sp³-hybridized carbons (Fsp3) is 0.833. The van der Waals surface area contributed by atoms with E-state index in [4.69, 9.17) is 0 Å². The lowest BCUT2D eigenvalue weighted by atomic mass is 9.98. The molecule has 1 aliphatic rings. The van der Waals surface area contributed by atoms with Crippen LogP contribution in [0.2, 0.25) is 0 Å². The van der Waals surface area contributed by atoms with Gasteiger partial charge in [0.1, 0.15) is 0 Å². The minimum absolute atomic E-state index is 0.625. The number of nitrogens with one attached hydrogen (secondary N) is 1. The smallest absolute Gasteiger partial charge is 0.0298 e. The maximum absolute atomic E-state index is 3.94. The summed E-state index contributed by atoms with van der Waals surface area (Å²) in [5.74, 6) is 0.703. The lowest BCUT2D eigenvalue weighted by molar-refractivity contribution is 0.123. The highest BCUT2D eigenvalue weighted by atomic mass is 79.9. The van der Waals surface area contributed by atoms with E-state index in [1.54, 1.807) is 0 Å². The standard InChI is InChI=1S/C12H23BrN2/c1-5-11-6-14-12(9(2)3)8-15(11)7-10(4)13/h9,11-12,14H,4-8H2,1-3H3. The Bertz CT molecular complexity index is 216. The van der Waals surface area contributed by atoms with Crippen molar-refractivity contribution in [3.8, 4) is 0 Å². The van der Waals surface area contributed by atoms with Crippen LogP contribution in [0.5, 0.6) is 0 Å². The molecule has 2 atom stereocenters. The van der Waals surface area contributed by atoms with Crippen molar-refractivity contribution < 1.29 is 0 Å². The van der Waals surface area contributed by atoms with E-state index in [1.165, 1.54) is 6.42 Å². The second-order valence-corrected chi connectivity index (χ2v) is 5.89. The summed E-state index contributed by atoms with van der Waals surface area (Å²) < 4.78 is 1.09. The molecule has 0 spiro atoms. The quantitative estimate of drug-likeness (QED) is 0.848. The van der Waals surface area contributed by atoms with Gasteiger partial charge in [0, 0.05) is 36.2 Å². The van der Waals surface area contributed by atoms with E-state index < -0.39 is 0 Å². The van der Waals surface area contributed by atoms with Gasteiger partial charge in [-0.15, -0.1) is 0 Å². The molecule has 1 rings (SSSR count). The molecule has 1 aliphatic heterocycles. The molecular formula is C12H23BrN2. The number of hydrogen-bond acceptors (Lipinski definition) is 2. The molecule has 15 heavy (non-hydrogen) atoms. The molecule has 0 aromatic rings. The zero-order valence-electron chi connectivity index (χ0n) is 10.1. The van der Waals surface area contributed by atoms with E-state index in [0.717, 1.165) is 24.1 Å². The van der Waals surface area contributed by atoms with Gasteiger partial charge in [0.15, 0.2) is 0 Å². The lowest BCUT2D eigenvalue weighted by Crippen LogP contribution is -2.58. The first-order chi connectivity index (χ1) is 7.04. The van der Waals surface area contributed by atoms with Crippen LogP contribution in [-0.4, -0.2) is 36.6 Å². The Morgan fingerprint density at radius 1 is 1.60 bits per heavy atom. The molecule has 2 nitrogen and oxygen atoms in total. The van der Waals surface area contributed by atoms with Crippen LogP contribution in [0, 0.1) is 5.92 Å². The Balaban J connectivity index is 2.56. The zero-order valence-corrected chi connectivity index (χ0v) is 11.7. The summed E-state index contributed by atoms with van der Waals surface area (Å²) in [7, 11) is 0. The third-order valence-electron chi connectivity index (χ3n) is 3.21. The SMILES string of the molecule is C=C(Br)CN1CC(C(C)C)NCC1CC. The second kappa shape index (κ2) is 6.02. The van der Waals surface area contributed by atoms with Gasteiger partial charge in [-0.05, 0) is 12.3 Å². The molecule has 2 unspecified atom stereocenters. The first-order valence-corrected chi connectivity index (χ1v) is 6.64. The maximum atomic E-state index is 3.94. The highest BCUT2D eigenvalue weighted by Gasteiger charge is 2.27. The summed E-state index contributed by atoms with van der Waals surface area (Å²) >= 11 is 3.47. The first kappa shape index (κ1) is 13.2. The molecule has 0 aromatic heterocycles. The topological polar surface area (TPSA) is 15.3 Å². The number of hydrogen-bond donors (Lipinski definition) is 1. The monoisotopic (exact) mass is 274 g/mol. The van der Waals surface area contributed by atoms with Crippen molar-refractivity contribution in [2.24, 2.45) is 5.92 Å². The summed E-state index contributed by atoms with van der Waals surface area (Å²) in [5.41, 5.74) is 0. The second-order valence-electron chi connectivity index (χ2n) is 4.77. The van der Waals surface area contributed by atoms with Crippen molar-refractivity contribution in [2.75, 3.05) is 19.6 Å². The fourth-order valence-electron chi connectivity index (χ4n) is 2.15. The van der Waals surface area contributed by atoms with E-state index >= 15 is 0 Å². The van der Waals surface area contributed by atoms with Gasteiger partial charge in [-0.3, -0.25) is 4.90 Å². The van der Waals surface area contributed by atoms with E-state index in [2.05, 4.69) is 53.5 Å². The minimum atomic E-state index is 0.625. The van der Waals surface area contributed by atoms with Crippen LogP contribution >= 0.6 is 15.9 Å². The molecule has 3 heteroatoms. The van der Waals surface area contributed by atoms with Crippen molar-refractivity contribution in [1.82, 2.24) is 10.2 Å². The van der Waals surface area contributed by atoms with Crippen molar-refractivity contribution in [3.63, 3.8) is 0 Å². The molecule has 88 valence electrons. The molecule has 1 saturated heterocycles. The summed E-state index contributed by atoms with van der Waals surface area (Å²) in [4.78, 5) is 2.54. The Morgan fingerprint density at radius 2 is 2.27 bits per heavy atom. The molecule has 0 aliphatic carbocycles. The molecule has 1 fully saturated rings. The van der Waals surface area contributed by atoms with Crippen molar-refractivity contribution in [1.29, 1.82) is 0 Å². The molecule has 1 N–H and O–H groups in total. The highest BCUT2D eigenvalue weighted by Crippen LogP contribution is 2.17. The Hall–Kier alpha value is 0.140. The third-order valence-corrected chi connectivity index (χ3v) is 3.46. The van der Waals surface area contributed by atoms with Crippen molar-refractivity contribution >= 4 is 15.9 Å². The largest absolute Gasteiger partial charge is 0.311 e. The normalized spacial score (nSPS) is 28.3. The molecule has 0 saturated carbocycles. The van der Waals surface area contributed by atoms with Crippen LogP contribution in [0.4, 0.5) is 0 Å². The van der Waals surface area contributed by atoms with Crippen LogP contribution in [0.25, 0.3) is 0 Å². The van der Waals surface area contributed by atoms with E-state index in [9.17, 15) is 0 Å². The maximum Gasteiger partial charge on any atom is 0.0298 e. The van der Waals surface area contributed by atoms with E-state index in [0.29, 0.717) is 18.0 Å². The van der Waals surface area contributed by atoms with Gasteiger partial charge < -0.3 is 5.32 Å². The van der Waals surface area contributed by atoms with Gasteiger partial charge in [0.2, 0.25) is 0 Å². The van der Waals surface area contributed by atoms with E-state index in [1.807, 2.05) is 0 Å². The lowest BCUT2D eigenvalue weighted by Gasteiger charge is -2.41. The summed E-state index contributed by atoms with van der Waals surface area (Å²) in [5, 5.41) is 3.64. The third kappa shape index (κ3) is 3.89. The number of halogens is 1. The summed E-state index contributed by atoms with van der Waals surface area (Å²) in [6.07, 6.45) is 1.21. The van der Waals surface area contributed by atoms with Gasteiger partial charge in [0.05, 0.1) is 0 Å². The Labute approximate surface area is 102 Å². The van der Waals surface area contributed by atoms with Gasteiger partial charge in [0.25, 0.3) is 0 Å². The van der Waals surface area contributed by atoms with Crippen LogP contribution < -0.4 is 5.32 Å². The van der Waals surface area contributed by atoms with Crippen LogP contribution in [0.15, 0.2) is 11.1 Å². The van der Waals surface area contributed by atoms with Gasteiger partial charge in [-0.1, -0.05) is 43.3 Å². The average molecular weight is 275 g/mol. The summed E-state index contributed by atoms with van der Waals surface area (Å²) in [6.45, 7) is 14.0. The predicted molar refractivity (Wildman–Crippen MR) is 70.3 cm³/mol. The average Bonchev–Trinajstić information content (AvgIpc) is 2.16. The van der Waals surface area contributed by atoms with E-state index in [-0.39, 0.29) is 0 Å². The molecule has 0 bridgehead atoms. The van der Waals surface area contributed by atoms with Crippen molar-refractivity contribution in [3.05, 3.63) is 11.1 Å². The summed E-state index contributed by atoms with van der Waals surface area (Å²) in [6, 6.07) is 1.29. The van der Waals surface area contributed by atoms with Crippen LogP contribution in [0.1, 0.15) is 27.2 Å². The molecule has 0 amide bonds. The van der Waals surface area contributed by atoms with Gasteiger partial charge >= 0.3 is 0 Å². The number of nitrogens with zero attached hydrogens (tertiary/aromatic N) is 1. The van der Waals surface area contributed by atoms with Crippen LogP contribution in [-0.2, 0) is 0 Å². The number of rotatable bonds is 4. The Kier molecular flexibility index (Phi) is 5.30. The van der Waals surface area contributed by atoms with Gasteiger partial charge in [-0.2, -0.15) is 0 Å². The Morgan fingerprint density at radius 3 is 2.73 bits per heavy atom. The number of piperazine rings is 1. The molecular weight excluding hydrogens is 252 g/mol. The molecule has 0 aromatic carbocycles. The highest BCUT2D eigenvalue weighted by molar-refractivity contribution is 9.11. The minimum Gasteiger partial charge on any atom is -0.311 e. The zero-order chi connectivity index (χ0) is 11.4. The molecule has 0 radical (unpaired) electrons. The first-order valence-electron chi connectivity index (χ1n) is 5.85. The predicted octanol–water partition coefficient (Wildman–Crippen LogP) is 2.60. The van der Waals surface area contributed by atoms with Crippen molar-refractivity contribution in [2.45, 2.75) is 39.3 Å². The van der Waals surface area contributed by atoms with Gasteiger partial charge in [-0.25, -0.2) is 0 Å². The molecule has 1 heterocycles. The fourth-order valence-corrected chi connectivity index (χ4v) is 2.47.